The second-order valence-electron chi connectivity index (χ2n) is 8.92. The van der Waals surface area contributed by atoms with Crippen molar-refractivity contribution in [2.45, 2.75) is 55.9 Å². The molecule has 8 nitrogen and oxygen atoms in total. The van der Waals surface area contributed by atoms with E-state index in [-0.39, 0.29) is 35.1 Å². The number of aromatic nitrogens is 2. The van der Waals surface area contributed by atoms with Gasteiger partial charge in [-0.25, -0.2) is 12.8 Å². The Morgan fingerprint density at radius 3 is 2.50 bits per heavy atom. The van der Waals surface area contributed by atoms with E-state index in [1.807, 2.05) is 4.90 Å². The largest absolute Gasteiger partial charge is 0.339 e. The normalized spacial score (nSPS) is 20.4. The number of piperidine rings is 1. The highest BCUT2D eigenvalue weighted by Crippen LogP contribution is 2.33. The molecule has 2 aliphatic heterocycles. The van der Waals surface area contributed by atoms with E-state index >= 15 is 0 Å². The zero-order chi connectivity index (χ0) is 24.7. The third kappa shape index (κ3) is 4.91. The number of amides is 1. The van der Waals surface area contributed by atoms with Crippen LogP contribution in [0.15, 0.2) is 27.6 Å². The molecule has 4 rings (SSSR count). The zero-order valence-electron chi connectivity index (χ0n) is 19.0. The van der Waals surface area contributed by atoms with Gasteiger partial charge in [0.25, 0.3) is 11.8 Å². The topological polar surface area (TPSA) is 96.6 Å². The van der Waals surface area contributed by atoms with Gasteiger partial charge in [-0.1, -0.05) is 13.0 Å². The lowest BCUT2D eigenvalue weighted by Crippen LogP contribution is -2.46. The van der Waals surface area contributed by atoms with Crippen LogP contribution in [0.4, 0.5) is 19.1 Å². The Bertz CT molecular complexity index is 1160. The van der Waals surface area contributed by atoms with E-state index in [4.69, 9.17) is 4.52 Å². The van der Waals surface area contributed by atoms with Gasteiger partial charge in [-0.05, 0) is 48.5 Å². The fourth-order valence-corrected chi connectivity index (χ4v) is 5.16. The van der Waals surface area contributed by atoms with Crippen molar-refractivity contribution >= 4 is 21.7 Å². The third-order valence-electron chi connectivity index (χ3n) is 6.63. The molecule has 12 heteroatoms. The summed E-state index contributed by atoms with van der Waals surface area (Å²) in [6, 6.07) is 3.79. The highest BCUT2D eigenvalue weighted by Gasteiger charge is 2.39. The van der Waals surface area contributed by atoms with Crippen molar-refractivity contribution in [1.82, 2.24) is 15.0 Å². The first kappa shape index (κ1) is 24.5. The number of rotatable bonds is 7. The Balaban J connectivity index is 1.34. The molecule has 186 valence electrons. The summed E-state index contributed by atoms with van der Waals surface area (Å²) in [7, 11) is -3.51. The first-order chi connectivity index (χ1) is 16.0. The Kier molecular flexibility index (Phi) is 6.63. The summed E-state index contributed by atoms with van der Waals surface area (Å²) in [6.45, 7) is 2.90. The number of likely N-dealkylation sites (tertiary alicyclic amines) is 1. The molecular formula is C22H27F3N4O4S. The van der Waals surface area contributed by atoms with Crippen molar-refractivity contribution in [3.63, 3.8) is 0 Å². The predicted octanol–water partition coefficient (Wildman–Crippen LogP) is 3.17. The van der Waals surface area contributed by atoms with Crippen molar-refractivity contribution in [1.29, 1.82) is 0 Å². The molecule has 0 N–H and O–H groups in total. The number of hydrogen-bond donors (Lipinski definition) is 0. The number of alkyl halides is 2. The van der Waals surface area contributed by atoms with Gasteiger partial charge >= 0.3 is 5.92 Å². The van der Waals surface area contributed by atoms with Gasteiger partial charge in [0.05, 0.1) is 4.90 Å². The summed E-state index contributed by atoms with van der Waals surface area (Å²) in [5, 5.41) is 3.69. The van der Waals surface area contributed by atoms with Gasteiger partial charge in [0, 0.05) is 44.3 Å². The maximum Gasteiger partial charge on any atom is 0.324 e. The number of carbonyl (C=O) groups is 1. The van der Waals surface area contributed by atoms with E-state index < -0.39 is 33.9 Å². The average molecular weight is 501 g/mol. The number of nitrogens with zero attached hydrogens (tertiary/aromatic N) is 4. The van der Waals surface area contributed by atoms with Gasteiger partial charge in [0.1, 0.15) is 5.82 Å². The van der Waals surface area contributed by atoms with E-state index in [0.29, 0.717) is 44.5 Å². The average Bonchev–Trinajstić information content (AvgIpc) is 3.43. The Labute approximate surface area is 196 Å². The fraction of sp³-hybridized carbons (Fsp3) is 0.591. The van der Waals surface area contributed by atoms with Crippen LogP contribution < -0.4 is 4.90 Å². The van der Waals surface area contributed by atoms with Crippen LogP contribution in [0.2, 0.25) is 0 Å². The fourth-order valence-electron chi connectivity index (χ4n) is 4.53. The molecule has 0 bridgehead atoms. The van der Waals surface area contributed by atoms with Crippen molar-refractivity contribution in [3.8, 4) is 0 Å². The van der Waals surface area contributed by atoms with E-state index in [1.165, 1.54) is 19.1 Å². The lowest BCUT2D eigenvalue weighted by Gasteiger charge is -2.36. The maximum atomic E-state index is 14.5. The SMILES string of the molecule is CCC(F)(F)c1nc(N2CCC(N3CC[C@H](Cc4ccc(S(C)(=O)=O)cc4F)C3=O)CC2)no1. The smallest absolute Gasteiger partial charge is 0.324 e. The second-order valence-corrected chi connectivity index (χ2v) is 10.9. The first-order valence-electron chi connectivity index (χ1n) is 11.3. The lowest BCUT2D eigenvalue weighted by molar-refractivity contribution is -0.133. The summed E-state index contributed by atoms with van der Waals surface area (Å²) in [6.07, 6.45) is 2.64. The number of sulfone groups is 1. The van der Waals surface area contributed by atoms with Gasteiger partial charge in [-0.3, -0.25) is 4.79 Å². The maximum absolute atomic E-state index is 14.5. The number of halogens is 3. The van der Waals surface area contributed by atoms with Crippen LogP contribution in [0.25, 0.3) is 0 Å². The van der Waals surface area contributed by atoms with Crippen LogP contribution >= 0.6 is 0 Å². The molecular weight excluding hydrogens is 473 g/mol. The molecule has 1 atom stereocenters. The Morgan fingerprint density at radius 2 is 1.88 bits per heavy atom. The van der Waals surface area contributed by atoms with Gasteiger partial charge in [0.2, 0.25) is 5.91 Å². The molecule has 3 heterocycles. The molecule has 1 amide bonds. The molecule has 2 saturated heterocycles. The van der Waals surface area contributed by atoms with E-state index in [9.17, 15) is 26.4 Å². The molecule has 2 fully saturated rings. The highest BCUT2D eigenvalue weighted by atomic mass is 32.2. The van der Waals surface area contributed by atoms with Crippen molar-refractivity contribution in [2.24, 2.45) is 5.92 Å². The van der Waals surface area contributed by atoms with E-state index in [2.05, 4.69) is 10.1 Å². The van der Waals surface area contributed by atoms with Crippen LogP contribution in [0.3, 0.4) is 0 Å². The molecule has 0 aliphatic carbocycles. The van der Waals surface area contributed by atoms with Crippen LogP contribution in [0, 0.1) is 11.7 Å². The summed E-state index contributed by atoms with van der Waals surface area (Å²) < 4.78 is 69.9. The minimum atomic E-state index is -3.51. The quantitative estimate of drug-likeness (QED) is 0.576. The highest BCUT2D eigenvalue weighted by molar-refractivity contribution is 7.90. The number of anilines is 1. The van der Waals surface area contributed by atoms with Gasteiger partial charge in [0.15, 0.2) is 9.84 Å². The predicted molar refractivity (Wildman–Crippen MR) is 117 cm³/mol. The summed E-state index contributed by atoms with van der Waals surface area (Å²) >= 11 is 0. The van der Waals surface area contributed by atoms with Crippen molar-refractivity contribution < 1.29 is 30.9 Å². The summed E-state index contributed by atoms with van der Waals surface area (Å²) in [5.74, 6) is -4.77. The monoisotopic (exact) mass is 500 g/mol. The molecule has 0 radical (unpaired) electrons. The molecule has 0 saturated carbocycles. The Morgan fingerprint density at radius 1 is 1.18 bits per heavy atom. The van der Waals surface area contributed by atoms with Gasteiger partial charge < -0.3 is 14.3 Å². The van der Waals surface area contributed by atoms with Crippen molar-refractivity contribution in [3.05, 3.63) is 35.5 Å². The van der Waals surface area contributed by atoms with Gasteiger partial charge in [-0.2, -0.15) is 13.8 Å². The minimum Gasteiger partial charge on any atom is -0.339 e. The molecule has 0 unspecified atom stereocenters. The van der Waals surface area contributed by atoms with E-state index in [1.54, 1.807) is 4.90 Å². The standard InChI is InChI=1S/C22H27F3N4O4S/c1-3-22(24,25)20-26-21(27-33-20)28-9-7-16(8-10-28)29-11-6-15(19(29)30)12-14-4-5-17(13-18(14)23)34(2,31)32/h4-5,13,15-16H,3,6-12H2,1-2H3/t15-/m1/s1. The summed E-state index contributed by atoms with van der Waals surface area (Å²) in [4.78, 5) is 20.4. The second kappa shape index (κ2) is 9.20. The molecule has 1 aromatic heterocycles. The number of carbonyl (C=O) groups excluding carboxylic acids is 1. The molecule has 1 aromatic carbocycles. The molecule has 0 spiro atoms. The Hall–Kier alpha value is -2.63. The molecule has 34 heavy (non-hydrogen) atoms. The van der Waals surface area contributed by atoms with Crippen LogP contribution in [0.5, 0.6) is 0 Å². The number of hydrogen-bond acceptors (Lipinski definition) is 7. The minimum absolute atomic E-state index is 0.00494. The zero-order valence-corrected chi connectivity index (χ0v) is 19.8. The number of benzene rings is 1. The third-order valence-corrected chi connectivity index (χ3v) is 7.74. The van der Waals surface area contributed by atoms with Crippen LogP contribution in [0.1, 0.15) is 44.1 Å². The lowest BCUT2D eigenvalue weighted by atomic mass is 9.97. The van der Waals surface area contributed by atoms with E-state index in [0.717, 1.165) is 12.3 Å². The first-order valence-corrected chi connectivity index (χ1v) is 13.1. The van der Waals surface area contributed by atoms with Gasteiger partial charge in [-0.15, -0.1) is 0 Å². The van der Waals surface area contributed by atoms with Crippen molar-refractivity contribution in [2.75, 3.05) is 30.8 Å². The molecule has 2 aromatic rings. The summed E-state index contributed by atoms with van der Waals surface area (Å²) in [5.41, 5.74) is 0.319. The van der Waals surface area contributed by atoms with Crippen LogP contribution in [-0.2, 0) is 27.0 Å². The van der Waals surface area contributed by atoms with Crippen LogP contribution in [-0.4, -0.2) is 61.3 Å². The molecule has 2 aliphatic rings.